The standard InChI is InChI=1S/C16H32N2O2/c1-12(2)18-14(20)16(6,7)10-8-9-11-17-13(19)15(3,4)5/h12H,8-11H2,1-7H3,(H,17,19)(H,18,20). The molecule has 0 aliphatic rings. The van der Waals surface area contributed by atoms with Gasteiger partial charge >= 0.3 is 0 Å². The summed E-state index contributed by atoms with van der Waals surface area (Å²) < 4.78 is 0. The Kier molecular flexibility index (Phi) is 7.25. The summed E-state index contributed by atoms with van der Waals surface area (Å²) in [5.41, 5.74) is -0.686. The van der Waals surface area contributed by atoms with Crippen LogP contribution in [-0.4, -0.2) is 24.4 Å². The topological polar surface area (TPSA) is 58.2 Å². The normalized spacial score (nSPS) is 12.4. The molecule has 2 N–H and O–H groups in total. The molecule has 0 atom stereocenters. The van der Waals surface area contributed by atoms with E-state index in [1.165, 1.54) is 0 Å². The van der Waals surface area contributed by atoms with Gasteiger partial charge in [-0.25, -0.2) is 0 Å². The first-order chi connectivity index (χ1) is 8.97. The molecular weight excluding hydrogens is 252 g/mol. The number of hydrogen-bond donors (Lipinski definition) is 2. The average Bonchev–Trinajstić information content (AvgIpc) is 2.25. The van der Waals surface area contributed by atoms with E-state index < -0.39 is 0 Å². The number of carbonyl (C=O) groups is 2. The number of rotatable bonds is 7. The predicted molar refractivity (Wildman–Crippen MR) is 83.4 cm³/mol. The fourth-order valence-corrected chi connectivity index (χ4v) is 1.73. The van der Waals surface area contributed by atoms with Crippen LogP contribution in [0.25, 0.3) is 0 Å². The van der Waals surface area contributed by atoms with E-state index in [1.807, 2.05) is 48.5 Å². The lowest BCUT2D eigenvalue weighted by Gasteiger charge is -2.25. The molecule has 0 saturated heterocycles. The minimum absolute atomic E-state index is 0.0781. The van der Waals surface area contributed by atoms with Crippen LogP contribution in [0.15, 0.2) is 0 Å². The highest BCUT2D eigenvalue weighted by Gasteiger charge is 2.27. The maximum absolute atomic E-state index is 12.0. The molecule has 0 aromatic carbocycles. The number of unbranched alkanes of at least 4 members (excludes halogenated alkanes) is 1. The lowest BCUT2D eigenvalue weighted by atomic mass is 9.86. The van der Waals surface area contributed by atoms with Crippen LogP contribution >= 0.6 is 0 Å². The predicted octanol–water partition coefficient (Wildman–Crippen LogP) is 2.87. The molecule has 0 spiro atoms. The summed E-state index contributed by atoms with van der Waals surface area (Å²) in [6.45, 7) is 14.3. The van der Waals surface area contributed by atoms with Crippen molar-refractivity contribution in [2.45, 2.75) is 73.8 Å². The molecule has 0 unspecified atom stereocenters. The second kappa shape index (κ2) is 7.65. The first-order valence-corrected chi connectivity index (χ1v) is 7.56. The monoisotopic (exact) mass is 284 g/mol. The Morgan fingerprint density at radius 1 is 0.950 bits per heavy atom. The van der Waals surface area contributed by atoms with Gasteiger partial charge in [0.1, 0.15) is 0 Å². The van der Waals surface area contributed by atoms with Crippen LogP contribution in [0.3, 0.4) is 0 Å². The Morgan fingerprint density at radius 2 is 1.50 bits per heavy atom. The maximum atomic E-state index is 12.0. The zero-order chi connectivity index (χ0) is 16.0. The highest BCUT2D eigenvalue weighted by molar-refractivity contribution is 5.82. The summed E-state index contributed by atoms with van der Waals surface area (Å²) >= 11 is 0. The fraction of sp³-hybridized carbons (Fsp3) is 0.875. The van der Waals surface area contributed by atoms with E-state index in [0.717, 1.165) is 19.3 Å². The molecule has 0 aliphatic carbocycles. The van der Waals surface area contributed by atoms with Crippen molar-refractivity contribution >= 4 is 11.8 Å². The van der Waals surface area contributed by atoms with Gasteiger partial charge in [0.25, 0.3) is 0 Å². The number of nitrogens with one attached hydrogen (secondary N) is 2. The van der Waals surface area contributed by atoms with Gasteiger partial charge < -0.3 is 10.6 Å². The summed E-state index contributed by atoms with van der Waals surface area (Å²) in [6, 6.07) is 0.174. The number of hydrogen-bond acceptors (Lipinski definition) is 2. The molecule has 0 radical (unpaired) electrons. The van der Waals surface area contributed by atoms with Crippen molar-refractivity contribution < 1.29 is 9.59 Å². The Hall–Kier alpha value is -1.06. The van der Waals surface area contributed by atoms with Crippen LogP contribution in [0, 0.1) is 10.8 Å². The first kappa shape index (κ1) is 18.9. The molecule has 0 fully saturated rings. The molecule has 118 valence electrons. The summed E-state index contributed by atoms with van der Waals surface area (Å²) in [4.78, 5) is 23.7. The quantitative estimate of drug-likeness (QED) is 0.706. The zero-order valence-corrected chi connectivity index (χ0v) is 14.2. The van der Waals surface area contributed by atoms with Crippen LogP contribution in [0.2, 0.25) is 0 Å². The van der Waals surface area contributed by atoms with Gasteiger partial charge in [-0.2, -0.15) is 0 Å². The van der Waals surface area contributed by atoms with E-state index in [0.29, 0.717) is 6.54 Å². The second-order valence-electron chi connectivity index (χ2n) is 7.48. The highest BCUT2D eigenvalue weighted by Crippen LogP contribution is 2.23. The summed E-state index contributed by atoms with van der Waals surface area (Å²) in [5.74, 6) is 0.181. The Morgan fingerprint density at radius 3 is 1.95 bits per heavy atom. The van der Waals surface area contributed by atoms with Gasteiger partial charge in [-0.3, -0.25) is 9.59 Å². The van der Waals surface area contributed by atoms with Crippen LogP contribution in [0.1, 0.15) is 67.7 Å². The van der Waals surface area contributed by atoms with Crippen molar-refractivity contribution in [2.24, 2.45) is 10.8 Å². The molecule has 0 saturated carbocycles. The van der Waals surface area contributed by atoms with Crippen molar-refractivity contribution in [1.82, 2.24) is 10.6 Å². The zero-order valence-electron chi connectivity index (χ0n) is 14.2. The minimum Gasteiger partial charge on any atom is -0.356 e. The lowest BCUT2D eigenvalue weighted by molar-refractivity contribution is -0.130. The SMILES string of the molecule is CC(C)NC(=O)C(C)(C)CCCCNC(=O)C(C)(C)C. The molecule has 20 heavy (non-hydrogen) atoms. The summed E-state index contributed by atoms with van der Waals surface area (Å²) in [7, 11) is 0. The molecule has 0 aliphatic heterocycles. The van der Waals surface area contributed by atoms with E-state index in [4.69, 9.17) is 0 Å². The third-order valence-electron chi connectivity index (χ3n) is 3.23. The van der Waals surface area contributed by atoms with E-state index >= 15 is 0 Å². The highest BCUT2D eigenvalue weighted by atomic mass is 16.2. The van der Waals surface area contributed by atoms with Gasteiger partial charge in [0.15, 0.2) is 0 Å². The third kappa shape index (κ3) is 7.51. The van der Waals surface area contributed by atoms with Crippen molar-refractivity contribution in [1.29, 1.82) is 0 Å². The molecule has 0 aromatic rings. The summed E-state index contributed by atoms with van der Waals surface area (Å²) in [6.07, 6.45) is 2.67. The van der Waals surface area contributed by atoms with E-state index in [2.05, 4.69) is 10.6 Å². The fourth-order valence-electron chi connectivity index (χ4n) is 1.73. The van der Waals surface area contributed by atoms with Crippen molar-refractivity contribution in [3.8, 4) is 0 Å². The Bertz CT molecular complexity index is 328. The van der Waals surface area contributed by atoms with Crippen LogP contribution in [-0.2, 0) is 9.59 Å². The maximum Gasteiger partial charge on any atom is 0.225 e. The van der Waals surface area contributed by atoms with Crippen molar-refractivity contribution in [2.75, 3.05) is 6.54 Å². The lowest BCUT2D eigenvalue weighted by Crippen LogP contribution is -2.40. The van der Waals surface area contributed by atoms with E-state index in [1.54, 1.807) is 0 Å². The van der Waals surface area contributed by atoms with Crippen molar-refractivity contribution in [3.05, 3.63) is 0 Å². The number of amides is 2. The van der Waals surface area contributed by atoms with Crippen LogP contribution < -0.4 is 10.6 Å². The van der Waals surface area contributed by atoms with Crippen LogP contribution in [0.5, 0.6) is 0 Å². The molecule has 0 aromatic heterocycles. The number of carbonyl (C=O) groups excluding carboxylic acids is 2. The molecule has 2 amide bonds. The first-order valence-electron chi connectivity index (χ1n) is 7.56. The summed E-state index contributed by atoms with van der Waals surface area (Å²) in [5, 5.41) is 5.88. The largest absolute Gasteiger partial charge is 0.356 e. The molecule has 4 nitrogen and oxygen atoms in total. The Labute approximate surface area is 124 Å². The van der Waals surface area contributed by atoms with Gasteiger partial charge in [-0.05, 0) is 26.7 Å². The molecule has 0 heterocycles. The van der Waals surface area contributed by atoms with Gasteiger partial charge in [-0.15, -0.1) is 0 Å². The smallest absolute Gasteiger partial charge is 0.225 e. The molecule has 0 bridgehead atoms. The molecular formula is C16H32N2O2. The van der Waals surface area contributed by atoms with Gasteiger partial charge in [0.05, 0.1) is 0 Å². The molecule has 0 rings (SSSR count). The third-order valence-corrected chi connectivity index (χ3v) is 3.23. The van der Waals surface area contributed by atoms with Crippen molar-refractivity contribution in [3.63, 3.8) is 0 Å². The van der Waals surface area contributed by atoms with E-state index in [9.17, 15) is 9.59 Å². The van der Waals surface area contributed by atoms with Gasteiger partial charge in [0, 0.05) is 23.4 Å². The van der Waals surface area contributed by atoms with Crippen LogP contribution in [0.4, 0.5) is 0 Å². The minimum atomic E-state index is -0.349. The second-order valence-corrected chi connectivity index (χ2v) is 7.48. The van der Waals surface area contributed by atoms with Gasteiger partial charge in [-0.1, -0.05) is 41.0 Å². The van der Waals surface area contributed by atoms with E-state index in [-0.39, 0.29) is 28.7 Å². The Balaban J connectivity index is 3.95. The molecule has 4 heteroatoms. The average molecular weight is 284 g/mol. The van der Waals surface area contributed by atoms with Gasteiger partial charge in [0.2, 0.25) is 11.8 Å².